The molecule has 0 heterocycles. The van der Waals surface area contributed by atoms with Crippen molar-refractivity contribution in [3.05, 3.63) is 35.4 Å². The lowest BCUT2D eigenvalue weighted by Crippen LogP contribution is -2.31. The number of carbonyl (C=O) groups excluding carboxylic acids is 1. The summed E-state index contributed by atoms with van der Waals surface area (Å²) in [7, 11) is 1.67. The minimum absolute atomic E-state index is 0.0559. The Bertz CT molecular complexity index is 415. The van der Waals surface area contributed by atoms with Gasteiger partial charge in [-0.1, -0.05) is 38.1 Å². The maximum Gasteiger partial charge on any atom is 0.220 e. The molecule has 0 aliphatic heterocycles. The molecule has 0 saturated heterocycles. The quantitative estimate of drug-likeness (QED) is 0.688. The lowest BCUT2D eigenvalue weighted by molar-refractivity contribution is -0.121. The van der Waals surface area contributed by atoms with Crippen LogP contribution >= 0.6 is 0 Å². The average Bonchev–Trinajstić information content (AvgIpc) is 2.49. The molecule has 1 rings (SSSR count). The minimum Gasteiger partial charge on any atom is -0.385 e. The third-order valence-corrected chi connectivity index (χ3v) is 3.55. The van der Waals surface area contributed by atoms with Gasteiger partial charge in [0.2, 0.25) is 5.91 Å². The highest BCUT2D eigenvalue weighted by atomic mass is 16.5. The summed E-state index contributed by atoms with van der Waals surface area (Å²) in [5.41, 5.74) is 8.47. The molecule has 0 aliphatic carbocycles. The van der Waals surface area contributed by atoms with E-state index < -0.39 is 0 Å². The van der Waals surface area contributed by atoms with Crippen molar-refractivity contribution in [3.63, 3.8) is 0 Å². The largest absolute Gasteiger partial charge is 0.385 e. The Morgan fingerprint density at radius 2 is 1.81 bits per heavy atom. The van der Waals surface area contributed by atoms with Gasteiger partial charge in [-0.25, -0.2) is 0 Å². The number of nitrogens with two attached hydrogens (primary N) is 1. The molecule has 0 fully saturated rings. The molecule has 0 bridgehead atoms. The number of amides is 1. The van der Waals surface area contributed by atoms with Crippen LogP contribution < -0.4 is 11.1 Å². The summed E-state index contributed by atoms with van der Waals surface area (Å²) in [5, 5.41) is 2.89. The molecule has 0 saturated carbocycles. The molecular weight excluding hydrogens is 264 g/mol. The van der Waals surface area contributed by atoms with Gasteiger partial charge in [0.1, 0.15) is 0 Å². The number of methoxy groups -OCH3 is 1. The first-order valence-corrected chi connectivity index (χ1v) is 7.65. The molecule has 118 valence electrons. The minimum atomic E-state index is -0.158. The summed E-state index contributed by atoms with van der Waals surface area (Å²) in [4.78, 5) is 11.7. The zero-order valence-electron chi connectivity index (χ0n) is 13.4. The third kappa shape index (κ3) is 6.74. The van der Waals surface area contributed by atoms with Gasteiger partial charge in [-0.3, -0.25) is 4.79 Å². The van der Waals surface area contributed by atoms with Gasteiger partial charge in [-0.15, -0.1) is 0 Å². The molecule has 1 aromatic carbocycles. The van der Waals surface area contributed by atoms with E-state index in [1.54, 1.807) is 7.11 Å². The fourth-order valence-electron chi connectivity index (χ4n) is 2.09. The Balaban J connectivity index is 2.32. The highest BCUT2D eigenvalue weighted by Crippen LogP contribution is 2.17. The summed E-state index contributed by atoms with van der Waals surface area (Å²) in [6.45, 7) is 5.51. The topological polar surface area (TPSA) is 64.3 Å². The van der Waals surface area contributed by atoms with Crippen LogP contribution in [0.3, 0.4) is 0 Å². The van der Waals surface area contributed by atoms with Crippen LogP contribution in [0.5, 0.6) is 0 Å². The van der Waals surface area contributed by atoms with Gasteiger partial charge in [0, 0.05) is 32.7 Å². The Hall–Kier alpha value is -1.39. The lowest BCUT2D eigenvalue weighted by Gasteiger charge is -2.14. The number of hydrogen-bond donors (Lipinski definition) is 2. The average molecular weight is 292 g/mol. The Morgan fingerprint density at radius 1 is 1.19 bits per heavy atom. The number of benzene rings is 1. The van der Waals surface area contributed by atoms with Crippen molar-refractivity contribution in [1.82, 2.24) is 5.32 Å². The molecule has 0 radical (unpaired) electrons. The van der Waals surface area contributed by atoms with Crippen LogP contribution in [-0.2, 0) is 9.53 Å². The number of nitrogens with one attached hydrogen (secondary N) is 1. The summed E-state index contributed by atoms with van der Waals surface area (Å²) in [5.74, 6) is 0.572. The molecule has 1 atom stereocenters. The maximum absolute atomic E-state index is 11.7. The first kappa shape index (κ1) is 17.7. The number of rotatable bonds is 9. The molecule has 0 aliphatic rings. The van der Waals surface area contributed by atoms with Crippen LogP contribution in [0.1, 0.15) is 56.2 Å². The second-order valence-corrected chi connectivity index (χ2v) is 5.68. The van der Waals surface area contributed by atoms with Crippen molar-refractivity contribution < 1.29 is 9.53 Å². The van der Waals surface area contributed by atoms with Crippen LogP contribution in [0.4, 0.5) is 0 Å². The van der Waals surface area contributed by atoms with Gasteiger partial charge in [-0.05, 0) is 29.9 Å². The highest BCUT2D eigenvalue weighted by Gasteiger charge is 2.09. The highest BCUT2D eigenvalue weighted by molar-refractivity contribution is 5.75. The predicted octanol–water partition coefficient (Wildman–Crippen LogP) is 2.74. The standard InChI is InChI=1S/C17H28N2O2/c1-13(2)14-7-9-15(10-8-14)16(18)12-19-17(20)6-4-5-11-21-3/h7-10,13,16H,4-6,11-12,18H2,1-3H3,(H,19,20). The Morgan fingerprint density at radius 3 is 2.38 bits per heavy atom. The van der Waals surface area contributed by atoms with E-state index in [-0.39, 0.29) is 11.9 Å². The Labute approximate surface area is 128 Å². The van der Waals surface area contributed by atoms with Crippen LogP contribution in [-0.4, -0.2) is 26.2 Å². The first-order chi connectivity index (χ1) is 10.0. The van der Waals surface area contributed by atoms with E-state index in [4.69, 9.17) is 10.5 Å². The van der Waals surface area contributed by atoms with E-state index in [9.17, 15) is 4.79 Å². The zero-order chi connectivity index (χ0) is 15.7. The molecule has 1 unspecified atom stereocenters. The van der Waals surface area contributed by atoms with E-state index >= 15 is 0 Å². The number of unbranched alkanes of at least 4 members (excludes halogenated alkanes) is 1. The maximum atomic E-state index is 11.7. The number of carbonyl (C=O) groups is 1. The van der Waals surface area contributed by atoms with E-state index in [0.717, 1.165) is 18.4 Å². The van der Waals surface area contributed by atoms with Gasteiger partial charge >= 0.3 is 0 Å². The summed E-state index contributed by atoms with van der Waals surface area (Å²) < 4.78 is 4.95. The van der Waals surface area contributed by atoms with Crippen LogP contribution in [0.25, 0.3) is 0 Å². The smallest absolute Gasteiger partial charge is 0.220 e. The van der Waals surface area contributed by atoms with Gasteiger partial charge in [0.05, 0.1) is 0 Å². The van der Waals surface area contributed by atoms with Crippen molar-refractivity contribution in [3.8, 4) is 0 Å². The van der Waals surface area contributed by atoms with Crippen molar-refractivity contribution in [1.29, 1.82) is 0 Å². The molecule has 0 spiro atoms. The molecule has 4 nitrogen and oxygen atoms in total. The molecule has 3 N–H and O–H groups in total. The van der Waals surface area contributed by atoms with Gasteiger partial charge in [0.25, 0.3) is 0 Å². The lowest BCUT2D eigenvalue weighted by atomic mass is 9.99. The van der Waals surface area contributed by atoms with Crippen molar-refractivity contribution in [2.24, 2.45) is 5.73 Å². The summed E-state index contributed by atoms with van der Waals surface area (Å²) in [6.07, 6.45) is 2.28. The van der Waals surface area contributed by atoms with Gasteiger partial charge in [0.15, 0.2) is 0 Å². The first-order valence-electron chi connectivity index (χ1n) is 7.65. The normalized spacial score (nSPS) is 12.4. The molecule has 21 heavy (non-hydrogen) atoms. The third-order valence-electron chi connectivity index (χ3n) is 3.55. The SMILES string of the molecule is COCCCCC(=O)NCC(N)c1ccc(C(C)C)cc1. The van der Waals surface area contributed by atoms with E-state index in [0.29, 0.717) is 25.5 Å². The van der Waals surface area contributed by atoms with Crippen molar-refractivity contribution >= 4 is 5.91 Å². The van der Waals surface area contributed by atoms with Crippen LogP contribution in [0.2, 0.25) is 0 Å². The molecular formula is C17H28N2O2. The van der Waals surface area contributed by atoms with Crippen LogP contribution in [0, 0.1) is 0 Å². The second-order valence-electron chi connectivity index (χ2n) is 5.68. The second kappa shape index (κ2) is 9.53. The molecule has 1 aromatic rings. The van der Waals surface area contributed by atoms with Gasteiger partial charge in [-0.2, -0.15) is 0 Å². The Kier molecular flexibility index (Phi) is 8.01. The number of ether oxygens (including phenoxy) is 1. The fraction of sp³-hybridized carbons (Fsp3) is 0.588. The van der Waals surface area contributed by atoms with E-state index in [1.807, 2.05) is 12.1 Å². The number of hydrogen-bond acceptors (Lipinski definition) is 3. The predicted molar refractivity (Wildman–Crippen MR) is 86.2 cm³/mol. The van der Waals surface area contributed by atoms with E-state index in [1.165, 1.54) is 5.56 Å². The van der Waals surface area contributed by atoms with Crippen molar-refractivity contribution in [2.45, 2.75) is 45.1 Å². The van der Waals surface area contributed by atoms with E-state index in [2.05, 4.69) is 31.3 Å². The van der Waals surface area contributed by atoms with Crippen LogP contribution in [0.15, 0.2) is 24.3 Å². The monoisotopic (exact) mass is 292 g/mol. The summed E-state index contributed by atoms with van der Waals surface area (Å²) >= 11 is 0. The summed E-state index contributed by atoms with van der Waals surface area (Å²) in [6, 6.07) is 8.14. The van der Waals surface area contributed by atoms with Gasteiger partial charge < -0.3 is 15.8 Å². The molecule has 0 aromatic heterocycles. The molecule has 1 amide bonds. The fourth-order valence-corrected chi connectivity index (χ4v) is 2.09. The van der Waals surface area contributed by atoms with Crippen molar-refractivity contribution in [2.75, 3.05) is 20.3 Å². The zero-order valence-corrected chi connectivity index (χ0v) is 13.4. The molecule has 4 heteroatoms.